The summed E-state index contributed by atoms with van der Waals surface area (Å²) in [6, 6.07) is 0. The average Bonchev–Trinajstić information content (AvgIpc) is 2.02. The molecule has 6 heteroatoms. The number of hydrogen-bond acceptors (Lipinski definition) is 5. The molecule has 0 N–H and O–H groups in total. The van der Waals surface area contributed by atoms with Crippen molar-refractivity contribution in [3.05, 3.63) is 0 Å². The van der Waals surface area contributed by atoms with E-state index < -0.39 is 11.9 Å². The molecule has 0 spiro atoms. The molecule has 0 aromatic carbocycles. The Hall–Kier alpha value is -0.516. The van der Waals surface area contributed by atoms with Gasteiger partial charge in [0.25, 0.3) is 0 Å². The van der Waals surface area contributed by atoms with Crippen LogP contribution in [0.5, 0.6) is 0 Å². The standard InChI is InChI=1S/C9H14O5.Ti/c1-3-4-13-6-9(12)14-8(11)5-7(2)10;/h3-6H2,1-2H3;. The van der Waals surface area contributed by atoms with E-state index in [0.717, 1.165) is 6.42 Å². The summed E-state index contributed by atoms with van der Waals surface area (Å²) in [5, 5.41) is 0. The van der Waals surface area contributed by atoms with Gasteiger partial charge in [-0.15, -0.1) is 0 Å². The largest absolute Gasteiger partial charge is 0.391 e. The van der Waals surface area contributed by atoms with Gasteiger partial charge in [0, 0.05) is 28.3 Å². The molecule has 0 aromatic rings. The third-order valence-electron chi connectivity index (χ3n) is 1.19. The maximum absolute atomic E-state index is 10.8. The molecular weight excluding hydrogens is 236 g/mol. The van der Waals surface area contributed by atoms with E-state index in [-0.39, 0.29) is 40.5 Å². The fourth-order valence-electron chi connectivity index (χ4n) is 0.696. The third-order valence-corrected chi connectivity index (χ3v) is 1.19. The molecule has 84 valence electrons. The van der Waals surface area contributed by atoms with Crippen molar-refractivity contribution in [1.82, 2.24) is 0 Å². The van der Waals surface area contributed by atoms with Gasteiger partial charge in [-0.2, -0.15) is 0 Å². The number of hydrogen-bond donors (Lipinski definition) is 0. The number of Topliss-reactive ketones (excluding diaryl/α,β-unsaturated/α-hetero) is 1. The van der Waals surface area contributed by atoms with Gasteiger partial charge in [0.15, 0.2) is 0 Å². The van der Waals surface area contributed by atoms with Gasteiger partial charge in [-0.25, -0.2) is 4.79 Å². The molecule has 0 saturated heterocycles. The first kappa shape index (κ1) is 16.9. The van der Waals surface area contributed by atoms with Crippen molar-refractivity contribution in [3.63, 3.8) is 0 Å². The summed E-state index contributed by atoms with van der Waals surface area (Å²) in [5.74, 6) is -1.93. The van der Waals surface area contributed by atoms with Gasteiger partial charge in [-0.1, -0.05) is 6.92 Å². The Labute approximate surface area is 103 Å². The van der Waals surface area contributed by atoms with Gasteiger partial charge in [-0.05, 0) is 13.3 Å². The molecule has 15 heavy (non-hydrogen) atoms. The van der Waals surface area contributed by atoms with Gasteiger partial charge in [-0.3, -0.25) is 9.59 Å². The summed E-state index contributed by atoms with van der Waals surface area (Å²) < 4.78 is 9.12. The molecule has 0 radical (unpaired) electrons. The summed E-state index contributed by atoms with van der Waals surface area (Å²) >= 11 is 0. The summed E-state index contributed by atoms with van der Waals surface area (Å²) in [6.07, 6.45) is 0.411. The zero-order valence-corrected chi connectivity index (χ0v) is 10.4. The van der Waals surface area contributed by atoms with E-state index in [1.54, 1.807) is 0 Å². The maximum atomic E-state index is 10.8. The number of ketones is 1. The van der Waals surface area contributed by atoms with Crippen LogP contribution in [0.15, 0.2) is 0 Å². The Morgan fingerprint density at radius 1 is 1.13 bits per heavy atom. The van der Waals surface area contributed by atoms with Crippen molar-refractivity contribution in [3.8, 4) is 0 Å². The minimum absolute atomic E-state index is 0. The molecule has 0 amide bonds. The molecule has 0 heterocycles. The second kappa shape index (κ2) is 10.0. The van der Waals surface area contributed by atoms with E-state index in [4.69, 9.17) is 4.74 Å². The summed E-state index contributed by atoms with van der Waals surface area (Å²) in [5.41, 5.74) is 0. The van der Waals surface area contributed by atoms with Crippen LogP contribution in [-0.2, 0) is 45.6 Å². The van der Waals surface area contributed by atoms with E-state index >= 15 is 0 Å². The topological polar surface area (TPSA) is 69.7 Å². The van der Waals surface area contributed by atoms with Crippen molar-refractivity contribution in [2.24, 2.45) is 0 Å². The average molecular weight is 250 g/mol. The molecule has 5 nitrogen and oxygen atoms in total. The van der Waals surface area contributed by atoms with E-state index in [9.17, 15) is 14.4 Å². The Morgan fingerprint density at radius 3 is 2.20 bits per heavy atom. The fourth-order valence-corrected chi connectivity index (χ4v) is 0.696. The zero-order valence-electron chi connectivity index (χ0n) is 8.87. The minimum atomic E-state index is -0.831. The van der Waals surface area contributed by atoms with Crippen molar-refractivity contribution >= 4 is 17.7 Å². The molecule has 0 atom stereocenters. The van der Waals surface area contributed by atoms with E-state index in [0.29, 0.717) is 6.61 Å². The smallest absolute Gasteiger partial charge is 0.339 e. The molecule has 0 rings (SSSR count). The van der Waals surface area contributed by atoms with Crippen LogP contribution in [0, 0.1) is 0 Å². The molecular formula is C9H14O5Ti. The first-order chi connectivity index (χ1) is 6.56. The number of rotatable bonds is 6. The van der Waals surface area contributed by atoms with Crippen LogP contribution >= 0.6 is 0 Å². The number of carbonyl (C=O) groups excluding carboxylic acids is 3. The van der Waals surface area contributed by atoms with Crippen LogP contribution in [0.4, 0.5) is 0 Å². The Bertz CT molecular complexity index is 227. The molecule has 0 aliphatic heterocycles. The number of esters is 2. The third kappa shape index (κ3) is 11.4. The molecule has 0 fully saturated rings. The summed E-state index contributed by atoms with van der Waals surface area (Å²) in [6.45, 7) is 3.33. The number of ether oxygens (including phenoxy) is 2. The molecule has 0 saturated carbocycles. The Morgan fingerprint density at radius 2 is 1.73 bits per heavy atom. The molecule has 0 aliphatic carbocycles. The predicted octanol–water partition coefficient (Wildman–Crippen LogP) is 0.459. The van der Waals surface area contributed by atoms with Crippen molar-refractivity contribution in [2.45, 2.75) is 26.7 Å². The van der Waals surface area contributed by atoms with Crippen molar-refractivity contribution in [2.75, 3.05) is 13.2 Å². The summed E-state index contributed by atoms with van der Waals surface area (Å²) in [7, 11) is 0. The van der Waals surface area contributed by atoms with Crippen LogP contribution in [0.1, 0.15) is 26.7 Å². The van der Waals surface area contributed by atoms with Gasteiger partial charge in [0.2, 0.25) is 0 Å². The van der Waals surface area contributed by atoms with Crippen LogP contribution < -0.4 is 0 Å². The molecule has 0 aliphatic rings. The van der Waals surface area contributed by atoms with Crippen LogP contribution in [0.2, 0.25) is 0 Å². The van der Waals surface area contributed by atoms with Crippen LogP contribution in [0.25, 0.3) is 0 Å². The Balaban J connectivity index is 0. The maximum Gasteiger partial charge on any atom is 0.339 e. The Kier molecular flexibility index (Phi) is 11.3. The molecule has 0 unspecified atom stereocenters. The second-order valence-corrected chi connectivity index (χ2v) is 2.78. The minimum Gasteiger partial charge on any atom is -0.391 e. The van der Waals surface area contributed by atoms with Gasteiger partial charge >= 0.3 is 11.9 Å². The van der Waals surface area contributed by atoms with Gasteiger partial charge in [0.05, 0.1) is 0 Å². The fraction of sp³-hybridized carbons (Fsp3) is 0.667. The SMILES string of the molecule is CCCOCC(=O)OC(=O)CC(C)=O.[Ti]. The predicted molar refractivity (Wildman–Crippen MR) is 47.5 cm³/mol. The quantitative estimate of drug-likeness (QED) is 0.296. The second-order valence-electron chi connectivity index (χ2n) is 2.78. The van der Waals surface area contributed by atoms with Gasteiger partial charge in [0.1, 0.15) is 18.8 Å². The van der Waals surface area contributed by atoms with E-state index in [1.165, 1.54) is 6.92 Å². The first-order valence-corrected chi connectivity index (χ1v) is 4.37. The van der Waals surface area contributed by atoms with Crippen molar-refractivity contribution < 1.29 is 45.6 Å². The van der Waals surface area contributed by atoms with E-state index in [1.807, 2.05) is 6.92 Å². The zero-order chi connectivity index (χ0) is 11.0. The molecule has 0 aromatic heterocycles. The van der Waals surface area contributed by atoms with Gasteiger partial charge < -0.3 is 9.47 Å². The van der Waals surface area contributed by atoms with E-state index in [2.05, 4.69) is 4.74 Å². The summed E-state index contributed by atoms with van der Waals surface area (Å²) in [4.78, 5) is 32.1. The van der Waals surface area contributed by atoms with Crippen LogP contribution in [0.3, 0.4) is 0 Å². The van der Waals surface area contributed by atoms with Crippen LogP contribution in [-0.4, -0.2) is 30.9 Å². The number of carbonyl (C=O) groups is 3. The first-order valence-electron chi connectivity index (χ1n) is 4.37. The monoisotopic (exact) mass is 250 g/mol. The normalized spacial score (nSPS) is 8.93. The molecule has 0 bridgehead atoms. The van der Waals surface area contributed by atoms with Crippen molar-refractivity contribution in [1.29, 1.82) is 0 Å².